The number of nitrogens with zero attached hydrogens (tertiary/aromatic N) is 2. The summed E-state index contributed by atoms with van der Waals surface area (Å²) in [6, 6.07) is 15.1. The van der Waals surface area contributed by atoms with Crippen molar-refractivity contribution in [2.75, 3.05) is 18.1 Å². The van der Waals surface area contributed by atoms with E-state index in [1.54, 1.807) is 12.1 Å². The first-order valence-electron chi connectivity index (χ1n) is 10.00. The van der Waals surface area contributed by atoms with Gasteiger partial charge in [0.15, 0.2) is 17.5 Å². The number of aromatic nitrogens is 1. The predicted octanol–water partition coefficient (Wildman–Crippen LogP) is 4.21. The summed E-state index contributed by atoms with van der Waals surface area (Å²) in [4.78, 5) is 43.3. The number of hydrogen-bond donors (Lipinski definition) is 0. The molecule has 1 fully saturated rings. The number of ketones is 1. The minimum absolute atomic E-state index is 0.0526. The molecule has 7 heteroatoms. The van der Waals surface area contributed by atoms with Crippen LogP contribution in [0.3, 0.4) is 0 Å². The first-order chi connectivity index (χ1) is 14.9. The number of rotatable bonds is 6. The molecule has 0 aliphatic carbocycles. The van der Waals surface area contributed by atoms with E-state index in [1.807, 2.05) is 55.6 Å². The van der Waals surface area contributed by atoms with Crippen LogP contribution in [-0.2, 0) is 14.3 Å². The Bertz CT molecular complexity index is 1120. The van der Waals surface area contributed by atoms with Gasteiger partial charge in [-0.15, -0.1) is 11.3 Å². The van der Waals surface area contributed by atoms with Crippen LogP contribution in [0.2, 0.25) is 0 Å². The molecule has 0 spiro atoms. The fraction of sp³-hybridized carbons (Fsp3) is 0.250. The Hall–Kier alpha value is -3.32. The Morgan fingerprint density at radius 2 is 1.71 bits per heavy atom. The number of Topliss-reactive ketones (excluding diaryl/α,β-unsaturated/α-hetero) is 1. The van der Waals surface area contributed by atoms with Crippen LogP contribution < -0.4 is 4.90 Å². The normalized spacial score (nSPS) is 15.9. The van der Waals surface area contributed by atoms with Crippen molar-refractivity contribution in [3.8, 4) is 11.3 Å². The second-order valence-corrected chi connectivity index (χ2v) is 8.52. The summed E-state index contributed by atoms with van der Waals surface area (Å²) in [5.74, 6) is -1.58. The summed E-state index contributed by atoms with van der Waals surface area (Å²) < 4.78 is 5.21. The van der Waals surface area contributed by atoms with Gasteiger partial charge in [0.25, 0.3) is 0 Å². The molecule has 1 aliphatic rings. The van der Waals surface area contributed by atoms with Gasteiger partial charge in [0.1, 0.15) is 0 Å². The minimum atomic E-state index is -0.606. The van der Waals surface area contributed by atoms with Crippen molar-refractivity contribution in [3.05, 3.63) is 70.6 Å². The third-order valence-electron chi connectivity index (χ3n) is 5.25. The number of hydrogen-bond acceptors (Lipinski definition) is 6. The lowest BCUT2D eigenvalue weighted by Crippen LogP contribution is -2.27. The molecule has 6 nitrogen and oxygen atoms in total. The summed E-state index contributed by atoms with van der Waals surface area (Å²) in [6.07, 6.45) is 0.0526. The summed E-state index contributed by atoms with van der Waals surface area (Å²) in [6.45, 7) is 3.83. The van der Waals surface area contributed by atoms with Crippen LogP contribution in [0.15, 0.2) is 53.9 Å². The maximum atomic E-state index is 12.5. The summed E-state index contributed by atoms with van der Waals surface area (Å²) in [5.41, 5.74) is 4.48. The van der Waals surface area contributed by atoms with E-state index in [9.17, 15) is 14.4 Å². The average Bonchev–Trinajstić information content (AvgIpc) is 3.39. The lowest BCUT2D eigenvalue weighted by atomic mass is 10.1. The second kappa shape index (κ2) is 8.81. The zero-order chi connectivity index (χ0) is 22.0. The molecule has 31 heavy (non-hydrogen) atoms. The van der Waals surface area contributed by atoms with Crippen molar-refractivity contribution < 1.29 is 19.1 Å². The molecule has 0 radical (unpaired) electrons. The quantitative estimate of drug-likeness (QED) is 0.429. The van der Waals surface area contributed by atoms with Crippen molar-refractivity contribution in [3.63, 3.8) is 0 Å². The highest BCUT2D eigenvalue weighted by Crippen LogP contribution is 2.32. The van der Waals surface area contributed by atoms with Crippen molar-refractivity contribution >= 4 is 34.1 Å². The van der Waals surface area contributed by atoms with Gasteiger partial charge in [0.05, 0.1) is 11.6 Å². The highest BCUT2D eigenvalue weighted by molar-refractivity contribution is 7.14. The van der Waals surface area contributed by atoms with E-state index in [2.05, 4.69) is 4.98 Å². The van der Waals surface area contributed by atoms with Crippen LogP contribution in [0.25, 0.3) is 11.3 Å². The van der Waals surface area contributed by atoms with Gasteiger partial charge in [-0.25, -0.2) is 4.98 Å². The molecule has 1 aromatic heterocycles. The van der Waals surface area contributed by atoms with Gasteiger partial charge in [-0.2, -0.15) is 0 Å². The average molecular weight is 435 g/mol. The van der Waals surface area contributed by atoms with Gasteiger partial charge in [0.2, 0.25) is 5.91 Å². The van der Waals surface area contributed by atoms with Gasteiger partial charge in [-0.3, -0.25) is 19.3 Å². The lowest BCUT2D eigenvalue weighted by Gasteiger charge is -2.12. The largest absolute Gasteiger partial charge is 0.457 e. The SMILES string of the molecule is Cc1ccc(C(=O)COC(=O)C2CC(=O)N(c3nc(-c4ccc(C)cc4)cs3)C2)cc1. The van der Waals surface area contributed by atoms with Crippen LogP contribution >= 0.6 is 11.3 Å². The van der Waals surface area contributed by atoms with E-state index in [-0.39, 0.29) is 31.3 Å². The summed E-state index contributed by atoms with van der Waals surface area (Å²) in [5, 5.41) is 2.46. The number of thiazole rings is 1. The topological polar surface area (TPSA) is 76.6 Å². The van der Waals surface area contributed by atoms with Crippen LogP contribution in [0.1, 0.15) is 27.9 Å². The Labute approximate surface area is 184 Å². The van der Waals surface area contributed by atoms with Gasteiger partial charge >= 0.3 is 5.97 Å². The number of carbonyl (C=O) groups excluding carboxylic acids is 3. The number of benzene rings is 2. The van der Waals surface area contributed by atoms with Crippen molar-refractivity contribution in [1.29, 1.82) is 0 Å². The number of esters is 1. The van der Waals surface area contributed by atoms with Gasteiger partial charge in [-0.1, -0.05) is 59.7 Å². The second-order valence-electron chi connectivity index (χ2n) is 7.68. The molecule has 2 aromatic carbocycles. The van der Waals surface area contributed by atoms with Crippen LogP contribution in [-0.4, -0.2) is 35.8 Å². The fourth-order valence-corrected chi connectivity index (χ4v) is 4.23. The Morgan fingerprint density at radius 3 is 2.39 bits per heavy atom. The first kappa shape index (κ1) is 20.9. The molecule has 0 bridgehead atoms. The van der Waals surface area contributed by atoms with Crippen molar-refractivity contribution in [2.45, 2.75) is 20.3 Å². The standard InChI is InChI=1S/C24H22N2O4S/c1-15-3-7-17(8-4-15)20-14-31-24(25-20)26-12-19(11-22(26)28)23(29)30-13-21(27)18-9-5-16(2)6-10-18/h3-10,14,19H,11-13H2,1-2H3. The fourth-order valence-electron chi connectivity index (χ4n) is 3.37. The van der Waals surface area contributed by atoms with Gasteiger partial charge in [0, 0.05) is 29.5 Å². The predicted molar refractivity (Wildman–Crippen MR) is 119 cm³/mol. The maximum absolute atomic E-state index is 12.5. The van der Waals surface area contributed by atoms with E-state index >= 15 is 0 Å². The van der Waals surface area contributed by atoms with Crippen LogP contribution in [0.4, 0.5) is 5.13 Å². The molecule has 2 heterocycles. The number of aryl methyl sites for hydroxylation is 2. The third kappa shape index (κ3) is 4.72. The molecule has 1 atom stereocenters. The number of amides is 1. The van der Waals surface area contributed by atoms with Crippen molar-refractivity contribution in [2.24, 2.45) is 5.92 Å². The summed E-state index contributed by atoms with van der Waals surface area (Å²) >= 11 is 1.37. The third-order valence-corrected chi connectivity index (χ3v) is 6.11. The van der Waals surface area contributed by atoms with Crippen LogP contribution in [0, 0.1) is 19.8 Å². The molecule has 158 valence electrons. The van der Waals surface area contributed by atoms with Gasteiger partial charge < -0.3 is 4.74 Å². The van der Waals surface area contributed by atoms with Crippen molar-refractivity contribution in [1.82, 2.24) is 4.98 Å². The minimum Gasteiger partial charge on any atom is -0.457 e. The number of anilines is 1. The number of carbonyl (C=O) groups is 3. The molecule has 1 saturated heterocycles. The molecule has 3 aromatic rings. The highest BCUT2D eigenvalue weighted by Gasteiger charge is 2.37. The smallest absolute Gasteiger partial charge is 0.311 e. The Kier molecular flexibility index (Phi) is 5.95. The van der Waals surface area contributed by atoms with E-state index < -0.39 is 11.9 Å². The monoisotopic (exact) mass is 434 g/mol. The van der Waals surface area contributed by atoms with E-state index in [0.29, 0.717) is 10.7 Å². The van der Waals surface area contributed by atoms with E-state index in [4.69, 9.17) is 4.74 Å². The Balaban J connectivity index is 1.36. The molecule has 1 unspecified atom stereocenters. The Morgan fingerprint density at radius 1 is 1.06 bits per heavy atom. The first-order valence-corrected chi connectivity index (χ1v) is 10.9. The lowest BCUT2D eigenvalue weighted by molar-refractivity contribution is -0.147. The maximum Gasteiger partial charge on any atom is 0.311 e. The zero-order valence-corrected chi connectivity index (χ0v) is 18.1. The molecule has 1 amide bonds. The zero-order valence-electron chi connectivity index (χ0n) is 17.3. The molecule has 1 aliphatic heterocycles. The van der Waals surface area contributed by atoms with E-state index in [0.717, 1.165) is 22.4 Å². The molecular formula is C24H22N2O4S. The van der Waals surface area contributed by atoms with Gasteiger partial charge in [-0.05, 0) is 13.8 Å². The molecule has 4 rings (SSSR count). The highest BCUT2D eigenvalue weighted by atomic mass is 32.1. The van der Waals surface area contributed by atoms with Crippen LogP contribution in [0.5, 0.6) is 0 Å². The summed E-state index contributed by atoms with van der Waals surface area (Å²) in [7, 11) is 0. The number of ether oxygens (including phenoxy) is 1. The molecular weight excluding hydrogens is 412 g/mol. The molecule has 0 saturated carbocycles. The molecule has 0 N–H and O–H groups in total. The van der Waals surface area contributed by atoms with E-state index in [1.165, 1.54) is 16.2 Å².